The lowest BCUT2D eigenvalue weighted by atomic mass is 10.1. The molecule has 3 aromatic carbocycles. The van der Waals surface area contributed by atoms with Crippen LogP contribution in [0.5, 0.6) is 0 Å². The second-order valence-corrected chi connectivity index (χ2v) is 13.5. The van der Waals surface area contributed by atoms with Crippen LogP contribution in [0.25, 0.3) is 0 Å². The fraction of sp³-hybridized carbons (Fsp3) is 0.310. The topological polar surface area (TPSA) is 86.8 Å². The molecule has 0 aliphatic carbocycles. The maximum Gasteiger partial charge on any atom is 0.264 e. The van der Waals surface area contributed by atoms with Gasteiger partial charge in [0.25, 0.3) is 10.0 Å². The number of anilines is 1. The van der Waals surface area contributed by atoms with Crippen LogP contribution in [0.4, 0.5) is 5.69 Å². The van der Waals surface area contributed by atoms with E-state index in [2.05, 4.69) is 21.2 Å². The van der Waals surface area contributed by atoms with Crippen LogP contribution >= 0.6 is 39.1 Å². The number of benzene rings is 3. The predicted molar refractivity (Wildman–Crippen MR) is 164 cm³/mol. The van der Waals surface area contributed by atoms with Crippen molar-refractivity contribution in [3.63, 3.8) is 0 Å². The van der Waals surface area contributed by atoms with Gasteiger partial charge in [0.05, 0.1) is 10.6 Å². The first-order valence-corrected chi connectivity index (χ1v) is 15.6. The summed E-state index contributed by atoms with van der Waals surface area (Å²) in [6.45, 7) is 7.27. The van der Waals surface area contributed by atoms with E-state index in [-0.39, 0.29) is 23.3 Å². The smallest absolute Gasteiger partial charge is 0.264 e. The average Bonchev–Trinajstić information content (AvgIpc) is 2.90. The van der Waals surface area contributed by atoms with Gasteiger partial charge in [0.1, 0.15) is 12.6 Å². The number of carbonyl (C=O) groups is 2. The zero-order valence-electron chi connectivity index (χ0n) is 22.7. The van der Waals surface area contributed by atoms with Crippen LogP contribution in [0.2, 0.25) is 10.0 Å². The van der Waals surface area contributed by atoms with Gasteiger partial charge in [0.15, 0.2) is 0 Å². The molecule has 0 fully saturated rings. The first kappa shape index (κ1) is 31.9. The third-order valence-electron chi connectivity index (χ3n) is 6.21. The Morgan fingerprint density at radius 2 is 1.57 bits per heavy atom. The molecular formula is C29H32BrCl2N3O4S. The standard InChI is InChI=1S/C29H32BrCl2N3O4S/c1-19(2)16-33-29(37)21(4)34(17-22-7-10-24(31)15-27(22)32)28(36)18-35(25-11-8-23(30)9-12-25)40(38,39)26-13-5-20(3)6-14-26/h5-15,19,21H,16-18H2,1-4H3,(H,33,37). The van der Waals surface area contributed by atoms with E-state index in [0.717, 1.165) is 14.3 Å². The number of halogens is 3. The Bertz CT molecular complexity index is 1450. The SMILES string of the molecule is Cc1ccc(S(=O)(=O)N(CC(=O)N(Cc2ccc(Cl)cc2Cl)C(C)C(=O)NCC(C)C)c2ccc(Br)cc2)cc1. The summed E-state index contributed by atoms with van der Waals surface area (Å²) >= 11 is 15.8. The van der Waals surface area contributed by atoms with Gasteiger partial charge in [-0.3, -0.25) is 13.9 Å². The summed E-state index contributed by atoms with van der Waals surface area (Å²) in [4.78, 5) is 28.4. The Labute approximate surface area is 254 Å². The van der Waals surface area contributed by atoms with Crippen molar-refractivity contribution in [2.45, 2.75) is 45.2 Å². The van der Waals surface area contributed by atoms with E-state index in [9.17, 15) is 18.0 Å². The van der Waals surface area contributed by atoms with E-state index in [4.69, 9.17) is 23.2 Å². The number of sulfonamides is 1. The van der Waals surface area contributed by atoms with Crippen molar-refractivity contribution in [3.8, 4) is 0 Å². The quantitative estimate of drug-likeness (QED) is 0.255. The Morgan fingerprint density at radius 3 is 2.15 bits per heavy atom. The minimum absolute atomic E-state index is 0.0240. The molecule has 0 aliphatic rings. The molecule has 0 saturated carbocycles. The maximum atomic E-state index is 14.0. The lowest BCUT2D eigenvalue weighted by molar-refractivity contribution is -0.139. The van der Waals surface area contributed by atoms with Crippen molar-refractivity contribution in [1.82, 2.24) is 10.2 Å². The van der Waals surface area contributed by atoms with Crippen molar-refractivity contribution in [3.05, 3.63) is 92.4 Å². The first-order valence-electron chi connectivity index (χ1n) is 12.7. The van der Waals surface area contributed by atoms with Gasteiger partial charge >= 0.3 is 0 Å². The van der Waals surface area contributed by atoms with Gasteiger partial charge in [-0.25, -0.2) is 8.42 Å². The van der Waals surface area contributed by atoms with Crippen LogP contribution in [0, 0.1) is 12.8 Å². The van der Waals surface area contributed by atoms with Crippen LogP contribution < -0.4 is 9.62 Å². The monoisotopic (exact) mass is 667 g/mol. The Balaban J connectivity index is 2.03. The number of carbonyl (C=O) groups excluding carboxylic acids is 2. The lowest BCUT2D eigenvalue weighted by Gasteiger charge is -2.32. The molecule has 214 valence electrons. The van der Waals surface area contributed by atoms with Crippen LogP contribution in [-0.4, -0.2) is 44.3 Å². The molecule has 1 unspecified atom stereocenters. The molecule has 11 heteroatoms. The molecule has 3 rings (SSSR count). The van der Waals surface area contributed by atoms with Crippen molar-refractivity contribution < 1.29 is 18.0 Å². The zero-order chi connectivity index (χ0) is 29.6. The van der Waals surface area contributed by atoms with Crippen LogP contribution in [-0.2, 0) is 26.2 Å². The molecule has 0 saturated heterocycles. The third kappa shape index (κ3) is 8.22. The summed E-state index contributed by atoms with van der Waals surface area (Å²) in [6.07, 6.45) is 0. The maximum absolute atomic E-state index is 14.0. The summed E-state index contributed by atoms with van der Waals surface area (Å²) in [5, 5.41) is 3.62. The highest BCUT2D eigenvalue weighted by molar-refractivity contribution is 9.10. The number of nitrogens with one attached hydrogen (secondary N) is 1. The second-order valence-electron chi connectivity index (χ2n) is 9.87. The number of rotatable bonds is 11. The Morgan fingerprint density at radius 1 is 0.950 bits per heavy atom. The van der Waals surface area contributed by atoms with Gasteiger partial charge in [-0.15, -0.1) is 0 Å². The van der Waals surface area contributed by atoms with Crippen LogP contribution in [0.1, 0.15) is 31.9 Å². The molecular weight excluding hydrogens is 637 g/mol. The molecule has 1 N–H and O–H groups in total. The van der Waals surface area contributed by atoms with E-state index in [1.54, 1.807) is 61.5 Å². The summed E-state index contributed by atoms with van der Waals surface area (Å²) in [7, 11) is -4.14. The zero-order valence-corrected chi connectivity index (χ0v) is 26.6. The molecule has 2 amide bonds. The largest absolute Gasteiger partial charge is 0.354 e. The fourth-order valence-electron chi connectivity index (χ4n) is 3.84. The third-order valence-corrected chi connectivity index (χ3v) is 9.11. The van der Waals surface area contributed by atoms with Crippen LogP contribution in [0.3, 0.4) is 0 Å². The van der Waals surface area contributed by atoms with Crippen molar-refractivity contribution >= 4 is 66.7 Å². The van der Waals surface area contributed by atoms with Gasteiger partial charge in [-0.05, 0) is 73.9 Å². The molecule has 3 aromatic rings. The normalized spacial score (nSPS) is 12.2. The van der Waals surface area contributed by atoms with E-state index >= 15 is 0 Å². The summed E-state index contributed by atoms with van der Waals surface area (Å²) in [6, 6.07) is 17.0. The fourth-order valence-corrected chi connectivity index (χ4v) is 5.99. The highest BCUT2D eigenvalue weighted by atomic mass is 79.9. The van der Waals surface area contributed by atoms with E-state index < -0.39 is 28.5 Å². The van der Waals surface area contributed by atoms with E-state index in [1.807, 2.05) is 20.8 Å². The first-order chi connectivity index (χ1) is 18.8. The summed E-state index contributed by atoms with van der Waals surface area (Å²) in [5.74, 6) is -0.723. The minimum atomic E-state index is -4.14. The highest BCUT2D eigenvalue weighted by Crippen LogP contribution is 2.27. The van der Waals surface area contributed by atoms with Gasteiger partial charge < -0.3 is 10.2 Å². The number of aryl methyl sites for hydroxylation is 1. The number of hydrogen-bond acceptors (Lipinski definition) is 4. The van der Waals surface area contributed by atoms with Gasteiger partial charge in [0, 0.05) is 27.6 Å². The molecule has 0 spiro atoms. The Hall–Kier alpha value is -2.59. The van der Waals surface area contributed by atoms with Gasteiger partial charge in [-0.2, -0.15) is 0 Å². The number of amides is 2. The molecule has 7 nitrogen and oxygen atoms in total. The summed E-state index contributed by atoms with van der Waals surface area (Å²) < 4.78 is 29.5. The van der Waals surface area contributed by atoms with Gasteiger partial charge in [0.2, 0.25) is 11.8 Å². The molecule has 0 aromatic heterocycles. The molecule has 0 aliphatic heterocycles. The average molecular weight is 669 g/mol. The Kier molecular flexibility index (Phi) is 11.1. The van der Waals surface area contributed by atoms with Crippen molar-refractivity contribution in [2.24, 2.45) is 5.92 Å². The van der Waals surface area contributed by atoms with Crippen LogP contribution in [0.15, 0.2) is 76.1 Å². The molecule has 40 heavy (non-hydrogen) atoms. The minimum Gasteiger partial charge on any atom is -0.354 e. The van der Waals surface area contributed by atoms with Crippen molar-refractivity contribution in [2.75, 3.05) is 17.4 Å². The molecule has 0 heterocycles. The van der Waals surface area contributed by atoms with E-state index in [0.29, 0.717) is 27.8 Å². The highest BCUT2D eigenvalue weighted by Gasteiger charge is 2.32. The summed E-state index contributed by atoms with van der Waals surface area (Å²) in [5.41, 5.74) is 1.77. The molecule has 1 atom stereocenters. The molecule has 0 bridgehead atoms. The molecule has 0 radical (unpaired) electrons. The number of hydrogen-bond donors (Lipinski definition) is 1. The lowest BCUT2D eigenvalue weighted by Crippen LogP contribution is -2.51. The van der Waals surface area contributed by atoms with Crippen molar-refractivity contribution in [1.29, 1.82) is 0 Å². The van der Waals surface area contributed by atoms with E-state index in [1.165, 1.54) is 17.0 Å². The number of nitrogens with zero attached hydrogens (tertiary/aromatic N) is 2. The predicted octanol–water partition coefficient (Wildman–Crippen LogP) is 6.45. The van der Waals surface area contributed by atoms with Gasteiger partial charge in [-0.1, -0.05) is 76.7 Å². The second kappa shape index (κ2) is 13.9.